The molecule has 2 rings (SSSR count). The van der Waals surface area contributed by atoms with Crippen LogP contribution in [-0.2, 0) is 6.54 Å². The first-order valence-electron chi connectivity index (χ1n) is 5.34. The van der Waals surface area contributed by atoms with E-state index in [1.807, 2.05) is 30.3 Å². The zero-order chi connectivity index (χ0) is 11.2. The van der Waals surface area contributed by atoms with E-state index in [2.05, 4.69) is 15.4 Å². The summed E-state index contributed by atoms with van der Waals surface area (Å²) in [4.78, 5) is 1.57. The molecule has 84 valence electrons. The van der Waals surface area contributed by atoms with E-state index in [0.29, 0.717) is 12.4 Å². The molecule has 1 aromatic carbocycles. The Bertz CT molecular complexity index is 427. The van der Waals surface area contributed by atoms with E-state index < -0.39 is 0 Å². The van der Waals surface area contributed by atoms with Gasteiger partial charge in [0.25, 0.3) is 0 Å². The summed E-state index contributed by atoms with van der Waals surface area (Å²) < 4.78 is 0. The third-order valence-electron chi connectivity index (χ3n) is 2.25. The zero-order valence-corrected chi connectivity index (χ0v) is 8.95. The fourth-order valence-corrected chi connectivity index (χ4v) is 1.41. The van der Waals surface area contributed by atoms with Crippen LogP contribution in [-0.4, -0.2) is 31.9 Å². The van der Waals surface area contributed by atoms with E-state index in [-0.39, 0.29) is 6.61 Å². The zero-order valence-electron chi connectivity index (χ0n) is 8.95. The van der Waals surface area contributed by atoms with Gasteiger partial charge in [0.05, 0.1) is 6.54 Å². The summed E-state index contributed by atoms with van der Waals surface area (Å²) in [5.74, 6) is 0.643. The Morgan fingerprint density at radius 3 is 2.69 bits per heavy atom. The van der Waals surface area contributed by atoms with Crippen LogP contribution in [0.25, 0.3) is 11.4 Å². The highest BCUT2D eigenvalue weighted by Gasteiger charge is 2.04. The molecule has 2 aromatic rings. The van der Waals surface area contributed by atoms with Crippen molar-refractivity contribution in [1.82, 2.24) is 20.2 Å². The van der Waals surface area contributed by atoms with Crippen molar-refractivity contribution in [3.05, 3.63) is 30.3 Å². The van der Waals surface area contributed by atoms with Gasteiger partial charge in [0, 0.05) is 12.2 Å². The Morgan fingerprint density at radius 1 is 1.12 bits per heavy atom. The lowest BCUT2D eigenvalue weighted by Gasteiger charge is -1.96. The van der Waals surface area contributed by atoms with Crippen LogP contribution in [0.3, 0.4) is 0 Å². The monoisotopic (exact) mass is 218 g/mol. The number of tetrazole rings is 1. The molecule has 0 bridgehead atoms. The van der Waals surface area contributed by atoms with E-state index in [0.717, 1.165) is 18.4 Å². The van der Waals surface area contributed by atoms with Crippen LogP contribution in [0.2, 0.25) is 0 Å². The molecule has 0 aliphatic rings. The summed E-state index contributed by atoms with van der Waals surface area (Å²) in [5, 5.41) is 20.9. The predicted octanol–water partition coefficient (Wildman–Crippen LogP) is 1.11. The van der Waals surface area contributed by atoms with Crippen molar-refractivity contribution in [2.24, 2.45) is 0 Å². The first-order chi connectivity index (χ1) is 7.90. The molecule has 0 atom stereocenters. The number of aryl methyl sites for hydroxylation is 1. The van der Waals surface area contributed by atoms with Crippen molar-refractivity contribution >= 4 is 0 Å². The highest BCUT2D eigenvalue weighted by atomic mass is 16.2. The molecule has 0 aliphatic heterocycles. The molecular formula is C11H14N4O. The average molecular weight is 218 g/mol. The minimum atomic E-state index is 0.209. The van der Waals surface area contributed by atoms with Crippen molar-refractivity contribution in [2.45, 2.75) is 19.4 Å². The summed E-state index contributed by atoms with van der Waals surface area (Å²) >= 11 is 0. The molecule has 0 spiro atoms. The van der Waals surface area contributed by atoms with Crippen molar-refractivity contribution in [2.75, 3.05) is 6.61 Å². The molecule has 1 N–H and O–H groups in total. The van der Waals surface area contributed by atoms with Crippen LogP contribution in [0.15, 0.2) is 30.3 Å². The Labute approximate surface area is 93.7 Å². The quantitative estimate of drug-likeness (QED) is 0.764. The van der Waals surface area contributed by atoms with Crippen LogP contribution >= 0.6 is 0 Å². The van der Waals surface area contributed by atoms with Crippen LogP contribution in [0.5, 0.6) is 0 Å². The van der Waals surface area contributed by atoms with Gasteiger partial charge in [-0.05, 0) is 18.1 Å². The number of rotatable bonds is 5. The second-order valence-corrected chi connectivity index (χ2v) is 3.51. The number of nitrogens with zero attached hydrogens (tertiary/aromatic N) is 4. The summed E-state index contributed by atoms with van der Waals surface area (Å²) in [5.41, 5.74) is 0.968. The van der Waals surface area contributed by atoms with Gasteiger partial charge in [-0.2, -0.15) is 4.80 Å². The number of hydrogen-bond donors (Lipinski definition) is 1. The molecule has 1 heterocycles. The van der Waals surface area contributed by atoms with Crippen LogP contribution in [0.4, 0.5) is 0 Å². The summed E-state index contributed by atoms with van der Waals surface area (Å²) in [6, 6.07) is 9.75. The maximum absolute atomic E-state index is 8.66. The van der Waals surface area contributed by atoms with E-state index >= 15 is 0 Å². The minimum Gasteiger partial charge on any atom is -0.396 e. The lowest BCUT2D eigenvalue weighted by molar-refractivity contribution is 0.278. The molecule has 0 aliphatic carbocycles. The van der Waals surface area contributed by atoms with E-state index in [4.69, 9.17) is 5.11 Å². The Morgan fingerprint density at radius 2 is 1.94 bits per heavy atom. The Hall–Kier alpha value is -1.75. The number of aliphatic hydroxyl groups is 1. The number of benzene rings is 1. The molecule has 0 saturated heterocycles. The van der Waals surface area contributed by atoms with Gasteiger partial charge >= 0.3 is 0 Å². The molecule has 0 fully saturated rings. The topological polar surface area (TPSA) is 63.8 Å². The number of aromatic nitrogens is 4. The van der Waals surface area contributed by atoms with Gasteiger partial charge in [-0.1, -0.05) is 30.3 Å². The predicted molar refractivity (Wildman–Crippen MR) is 59.6 cm³/mol. The summed E-state index contributed by atoms with van der Waals surface area (Å²) in [6.45, 7) is 0.903. The Balaban J connectivity index is 2.02. The molecular weight excluding hydrogens is 204 g/mol. The van der Waals surface area contributed by atoms with Gasteiger partial charge < -0.3 is 5.11 Å². The third kappa shape index (κ3) is 2.64. The number of unbranched alkanes of at least 4 members (excludes halogenated alkanes) is 1. The lowest BCUT2D eigenvalue weighted by Crippen LogP contribution is -2.03. The number of hydrogen-bond acceptors (Lipinski definition) is 4. The second-order valence-electron chi connectivity index (χ2n) is 3.51. The van der Waals surface area contributed by atoms with Gasteiger partial charge in [-0.25, -0.2) is 0 Å². The van der Waals surface area contributed by atoms with Gasteiger partial charge in [0.1, 0.15) is 0 Å². The highest BCUT2D eigenvalue weighted by Crippen LogP contribution is 2.11. The SMILES string of the molecule is OCCCCn1nnc(-c2ccccc2)n1. The fraction of sp³-hybridized carbons (Fsp3) is 0.364. The molecule has 5 nitrogen and oxygen atoms in total. The normalized spacial score (nSPS) is 10.6. The molecule has 0 unspecified atom stereocenters. The first-order valence-corrected chi connectivity index (χ1v) is 5.34. The largest absolute Gasteiger partial charge is 0.396 e. The van der Waals surface area contributed by atoms with Crippen molar-refractivity contribution in [3.63, 3.8) is 0 Å². The molecule has 0 radical (unpaired) electrons. The van der Waals surface area contributed by atoms with Crippen LogP contribution in [0, 0.1) is 0 Å². The molecule has 5 heteroatoms. The van der Waals surface area contributed by atoms with E-state index in [1.54, 1.807) is 4.80 Å². The maximum Gasteiger partial charge on any atom is 0.204 e. The maximum atomic E-state index is 8.66. The molecule has 1 aromatic heterocycles. The van der Waals surface area contributed by atoms with Gasteiger partial charge in [-0.3, -0.25) is 0 Å². The molecule has 0 amide bonds. The van der Waals surface area contributed by atoms with Crippen LogP contribution in [0.1, 0.15) is 12.8 Å². The van der Waals surface area contributed by atoms with Gasteiger partial charge in [0.2, 0.25) is 5.82 Å². The fourth-order valence-electron chi connectivity index (χ4n) is 1.41. The number of aliphatic hydroxyl groups excluding tert-OH is 1. The molecule has 16 heavy (non-hydrogen) atoms. The highest BCUT2D eigenvalue weighted by molar-refractivity contribution is 5.52. The first kappa shape index (κ1) is 10.8. The smallest absolute Gasteiger partial charge is 0.204 e. The molecule has 0 saturated carbocycles. The summed E-state index contributed by atoms with van der Waals surface area (Å²) in [7, 11) is 0. The third-order valence-corrected chi connectivity index (χ3v) is 2.25. The van der Waals surface area contributed by atoms with E-state index in [1.165, 1.54) is 0 Å². The van der Waals surface area contributed by atoms with Crippen molar-refractivity contribution in [1.29, 1.82) is 0 Å². The standard InChI is InChI=1S/C11H14N4O/c16-9-5-4-8-15-13-11(12-14-15)10-6-2-1-3-7-10/h1-3,6-7,16H,4-5,8-9H2. The minimum absolute atomic E-state index is 0.209. The lowest BCUT2D eigenvalue weighted by atomic mass is 10.2. The summed E-state index contributed by atoms with van der Waals surface area (Å²) in [6.07, 6.45) is 1.63. The van der Waals surface area contributed by atoms with Crippen molar-refractivity contribution < 1.29 is 5.11 Å². The van der Waals surface area contributed by atoms with Gasteiger partial charge in [-0.15, -0.1) is 10.2 Å². The second kappa shape index (κ2) is 5.37. The van der Waals surface area contributed by atoms with Gasteiger partial charge in [0.15, 0.2) is 0 Å². The van der Waals surface area contributed by atoms with E-state index in [9.17, 15) is 0 Å². The Kier molecular flexibility index (Phi) is 3.61. The van der Waals surface area contributed by atoms with Crippen LogP contribution < -0.4 is 0 Å². The van der Waals surface area contributed by atoms with Crippen molar-refractivity contribution in [3.8, 4) is 11.4 Å². The average Bonchev–Trinajstić information content (AvgIpc) is 2.79.